The Kier molecular flexibility index (Phi) is 5.93. The van der Waals surface area contributed by atoms with E-state index in [2.05, 4.69) is 33.2 Å². The number of anilines is 1. The van der Waals surface area contributed by atoms with Crippen LogP contribution >= 0.6 is 0 Å². The standard InChI is InChI=1S/C26H27N5O2/c1-2-33-24-11-7-6-10-23(24)29-12-14-30(15-13-29)26(32)22-16-21-18-28-31(25(21)27-17-22)19-20-8-4-3-5-9-20/h3-11,16-18H,2,12-15,19H2,1H3. The van der Waals surface area contributed by atoms with Crippen molar-refractivity contribution in [1.29, 1.82) is 0 Å². The summed E-state index contributed by atoms with van der Waals surface area (Å²) in [6.07, 6.45) is 3.45. The molecule has 5 rings (SSSR count). The number of piperazine rings is 1. The summed E-state index contributed by atoms with van der Waals surface area (Å²) in [7, 11) is 0. The summed E-state index contributed by atoms with van der Waals surface area (Å²) in [6, 6.07) is 20.1. The minimum atomic E-state index is 0.0120. The molecular formula is C26H27N5O2. The summed E-state index contributed by atoms with van der Waals surface area (Å²) >= 11 is 0. The summed E-state index contributed by atoms with van der Waals surface area (Å²) in [5.41, 5.74) is 3.63. The van der Waals surface area contributed by atoms with Gasteiger partial charge in [0.2, 0.25) is 0 Å². The van der Waals surface area contributed by atoms with Gasteiger partial charge in [0.25, 0.3) is 5.91 Å². The number of nitrogens with zero attached hydrogens (tertiary/aromatic N) is 5. The summed E-state index contributed by atoms with van der Waals surface area (Å²) in [4.78, 5) is 21.9. The monoisotopic (exact) mass is 441 g/mol. The Morgan fingerprint density at radius 2 is 1.73 bits per heavy atom. The lowest BCUT2D eigenvalue weighted by atomic mass is 10.2. The lowest BCUT2D eigenvalue weighted by Gasteiger charge is -2.36. The highest BCUT2D eigenvalue weighted by Gasteiger charge is 2.24. The van der Waals surface area contributed by atoms with Crippen molar-refractivity contribution in [2.24, 2.45) is 0 Å². The van der Waals surface area contributed by atoms with Crippen molar-refractivity contribution in [2.45, 2.75) is 13.5 Å². The first-order valence-electron chi connectivity index (χ1n) is 11.3. The zero-order valence-electron chi connectivity index (χ0n) is 18.7. The maximum atomic E-state index is 13.2. The van der Waals surface area contributed by atoms with Gasteiger partial charge in [0.15, 0.2) is 5.65 Å². The van der Waals surface area contributed by atoms with Crippen LogP contribution in [0.3, 0.4) is 0 Å². The summed E-state index contributed by atoms with van der Waals surface area (Å²) in [6.45, 7) is 6.11. The highest BCUT2D eigenvalue weighted by molar-refractivity contribution is 5.97. The predicted octanol–water partition coefficient (Wildman–Crippen LogP) is 3.84. The summed E-state index contributed by atoms with van der Waals surface area (Å²) < 4.78 is 7.64. The van der Waals surface area contributed by atoms with E-state index in [4.69, 9.17) is 4.74 Å². The number of hydrogen-bond donors (Lipinski definition) is 0. The third kappa shape index (κ3) is 4.39. The van der Waals surface area contributed by atoms with Crippen LogP contribution in [0.1, 0.15) is 22.8 Å². The molecule has 0 unspecified atom stereocenters. The van der Waals surface area contributed by atoms with Crippen LogP contribution in [0, 0.1) is 0 Å². The molecule has 3 heterocycles. The smallest absolute Gasteiger partial charge is 0.255 e. The number of rotatable bonds is 6. The molecule has 0 saturated carbocycles. The first-order chi connectivity index (χ1) is 16.2. The molecule has 1 fully saturated rings. The Morgan fingerprint density at radius 1 is 0.970 bits per heavy atom. The minimum Gasteiger partial charge on any atom is -0.492 e. The first kappa shape index (κ1) is 21.0. The molecule has 7 heteroatoms. The fourth-order valence-corrected chi connectivity index (χ4v) is 4.29. The molecule has 0 spiro atoms. The van der Waals surface area contributed by atoms with Gasteiger partial charge >= 0.3 is 0 Å². The number of para-hydroxylation sites is 2. The second-order valence-corrected chi connectivity index (χ2v) is 8.10. The minimum absolute atomic E-state index is 0.0120. The molecule has 1 saturated heterocycles. The van der Waals surface area contributed by atoms with Gasteiger partial charge in [-0.3, -0.25) is 4.79 Å². The number of benzene rings is 2. The molecule has 0 aliphatic carbocycles. The maximum absolute atomic E-state index is 13.2. The van der Waals surface area contributed by atoms with E-state index in [1.807, 2.05) is 59.0 Å². The number of hydrogen-bond acceptors (Lipinski definition) is 5. The van der Waals surface area contributed by atoms with E-state index in [-0.39, 0.29) is 5.91 Å². The molecule has 168 valence electrons. The number of aromatic nitrogens is 3. The highest BCUT2D eigenvalue weighted by atomic mass is 16.5. The number of carbonyl (C=O) groups excluding carboxylic acids is 1. The molecule has 0 atom stereocenters. The Hall–Kier alpha value is -3.87. The molecule has 33 heavy (non-hydrogen) atoms. The molecule has 1 amide bonds. The molecule has 2 aromatic carbocycles. The highest BCUT2D eigenvalue weighted by Crippen LogP contribution is 2.29. The molecular weight excluding hydrogens is 414 g/mol. The molecule has 1 aliphatic heterocycles. The van der Waals surface area contributed by atoms with Crippen LogP contribution in [0.5, 0.6) is 5.75 Å². The fraction of sp³-hybridized carbons (Fsp3) is 0.269. The second kappa shape index (κ2) is 9.32. The number of pyridine rings is 1. The molecule has 0 N–H and O–H groups in total. The number of fused-ring (bicyclic) bond motifs is 1. The average Bonchev–Trinajstić information content (AvgIpc) is 3.27. The number of carbonyl (C=O) groups is 1. The van der Waals surface area contributed by atoms with Gasteiger partial charge in [-0.1, -0.05) is 42.5 Å². The van der Waals surface area contributed by atoms with Crippen LogP contribution in [0.15, 0.2) is 73.1 Å². The van der Waals surface area contributed by atoms with E-state index < -0.39 is 0 Å². The molecule has 0 bridgehead atoms. The largest absolute Gasteiger partial charge is 0.492 e. The van der Waals surface area contributed by atoms with Gasteiger partial charge in [-0.2, -0.15) is 5.10 Å². The van der Waals surface area contributed by atoms with Crippen molar-refractivity contribution in [3.8, 4) is 5.75 Å². The van der Waals surface area contributed by atoms with Crippen molar-refractivity contribution in [3.63, 3.8) is 0 Å². The SMILES string of the molecule is CCOc1ccccc1N1CCN(C(=O)c2cnc3c(cnn3Cc3ccccc3)c2)CC1. The molecule has 4 aromatic rings. The number of amides is 1. The van der Waals surface area contributed by atoms with Crippen LogP contribution < -0.4 is 9.64 Å². The zero-order valence-corrected chi connectivity index (χ0v) is 18.7. The van der Waals surface area contributed by atoms with Gasteiger partial charge in [0.1, 0.15) is 5.75 Å². The predicted molar refractivity (Wildman–Crippen MR) is 129 cm³/mol. The third-order valence-electron chi connectivity index (χ3n) is 5.97. The Bertz CT molecular complexity index is 1250. The van der Waals surface area contributed by atoms with Crippen molar-refractivity contribution in [2.75, 3.05) is 37.7 Å². The van der Waals surface area contributed by atoms with Crippen molar-refractivity contribution in [1.82, 2.24) is 19.7 Å². The van der Waals surface area contributed by atoms with Gasteiger partial charge in [0, 0.05) is 37.8 Å². The quantitative estimate of drug-likeness (QED) is 0.455. The third-order valence-corrected chi connectivity index (χ3v) is 5.97. The van der Waals surface area contributed by atoms with Gasteiger partial charge in [-0.05, 0) is 30.7 Å². The van der Waals surface area contributed by atoms with E-state index in [1.54, 1.807) is 12.4 Å². The molecule has 1 aliphatic rings. The van der Waals surface area contributed by atoms with E-state index >= 15 is 0 Å². The van der Waals surface area contributed by atoms with Crippen LogP contribution in [0.4, 0.5) is 5.69 Å². The molecule has 0 radical (unpaired) electrons. The fourth-order valence-electron chi connectivity index (χ4n) is 4.29. The summed E-state index contributed by atoms with van der Waals surface area (Å²) in [5, 5.41) is 5.36. The van der Waals surface area contributed by atoms with Gasteiger partial charge < -0.3 is 14.5 Å². The van der Waals surface area contributed by atoms with Crippen molar-refractivity contribution >= 4 is 22.6 Å². The van der Waals surface area contributed by atoms with Gasteiger partial charge in [0.05, 0.1) is 30.6 Å². The van der Waals surface area contributed by atoms with Crippen LogP contribution in [-0.4, -0.2) is 58.4 Å². The molecule has 2 aromatic heterocycles. The van der Waals surface area contributed by atoms with Crippen LogP contribution in [-0.2, 0) is 6.54 Å². The van der Waals surface area contributed by atoms with E-state index in [0.29, 0.717) is 31.8 Å². The van der Waals surface area contributed by atoms with Crippen LogP contribution in [0.25, 0.3) is 11.0 Å². The lowest BCUT2D eigenvalue weighted by molar-refractivity contribution is 0.0746. The van der Waals surface area contributed by atoms with Crippen molar-refractivity contribution in [3.05, 3.63) is 84.2 Å². The zero-order chi connectivity index (χ0) is 22.6. The normalized spacial score (nSPS) is 14.0. The Balaban J connectivity index is 1.27. The number of ether oxygens (including phenoxy) is 1. The topological polar surface area (TPSA) is 63.5 Å². The van der Waals surface area contributed by atoms with E-state index in [0.717, 1.165) is 41.1 Å². The van der Waals surface area contributed by atoms with Gasteiger partial charge in [-0.15, -0.1) is 0 Å². The van der Waals surface area contributed by atoms with Crippen LogP contribution in [0.2, 0.25) is 0 Å². The lowest BCUT2D eigenvalue weighted by Crippen LogP contribution is -2.48. The second-order valence-electron chi connectivity index (χ2n) is 8.10. The average molecular weight is 442 g/mol. The van der Waals surface area contributed by atoms with E-state index in [1.165, 1.54) is 0 Å². The van der Waals surface area contributed by atoms with Crippen molar-refractivity contribution < 1.29 is 9.53 Å². The Labute approximate surface area is 193 Å². The molecule has 7 nitrogen and oxygen atoms in total. The first-order valence-corrected chi connectivity index (χ1v) is 11.3. The van der Waals surface area contributed by atoms with Gasteiger partial charge in [-0.25, -0.2) is 9.67 Å². The summed E-state index contributed by atoms with van der Waals surface area (Å²) in [5.74, 6) is 0.903. The maximum Gasteiger partial charge on any atom is 0.255 e. The van der Waals surface area contributed by atoms with E-state index in [9.17, 15) is 4.79 Å². The Morgan fingerprint density at radius 3 is 2.52 bits per heavy atom.